The van der Waals surface area contributed by atoms with E-state index < -0.39 is 6.61 Å². The van der Waals surface area contributed by atoms with E-state index in [-0.39, 0.29) is 5.75 Å². The molecular weight excluding hydrogens is 260 g/mol. The summed E-state index contributed by atoms with van der Waals surface area (Å²) < 4.78 is 28.4. The van der Waals surface area contributed by atoms with E-state index in [0.29, 0.717) is 12.0 Å². The van der Waals surface area contributed by atoms with Crippen LogP contribution in [-0.4, -0.2) is 19.2 Å². The van der Waals surface area contributed by atoms with Crippen molar-refractivity contribution >= 4 is 0 Å². The van der Waals surface area contributed by atoms with Crippen LogP contribution in [0.25, 0.3) is 0 Å². The summed E-state index contributed by atoms with van der Waals surface area (Å²) in [6, 6.07) is 7.34. The van der Waals surface area contributed by atoms with Crippen molar-refractivity contribution in [2.75, 3.05) is 6.54 Å². The van der Waals surface area contributed by atoms with Gasteiger partial charge in [-0.1, -0.05) is 32.4 Å². The van der Waals surface area contributed by atoms with Gasteiger partial charge in [-0.2, -0.15) is 8.78 Å². The summed E-state index contributed by atoms with van der Waals surface area (Å²) in [6.45, 7) is 4.89. The standard InChI is InChI=1S/C16H25F2NO/c1-4-12(2)11-19-13(3)5-6-14-7-9-15(10-8-14)20-16(17)18/h7-10,12-13,16,19H,4-6,11H2,1-3H3. The molecule has 0 radical (unpaired) electrons. The maximum absolute atomic E-state index is 12.0. The van der Waals surface area contributed by atoms with E-state index in [1.165, 1.54) is 6.42 Å². The summed E-state index contributed by atoms with van der Waals surface area (Å²) >= 11 is 0. The summed E-state index contributed by atoms with van der Waals surface area (Å²) in [5, 5.41) is 3.52. The molecule has 2 unspecified atom stereocenters. The first kappa shape index (κ1) is 16.9. The van der Waals surface area contributed by atoms with Gasteiger partial charge < -0.3 is 10.1 Å². The smallest absolute Gasteiger partial charge is 0.387 e. The minimum atomic E-state index is -2.76. The Bertz CT molecular complexity index is 367. The van der Waals surface area contributed by atoms with Crippen LogP contribution in [-0.2, 0) is 6.42 Å². The fourth-order valence-corrected chi connectivity index (χ4v) is 1.87. The van der Waals surface area contributed by atoms with Crippen molar-refractivity contribution in [2.45, 2.75) is 52.7 Å². The molecule has 1 N–H and O–H groups in total. The average molecular weight is 285 g/mol. The molecule has 0 aromatic heterocycles. The van der Waals surface area contributed by atoms with E-state index in [1.807, 2.05) is 12.1 Å². The first-order valence-corrected chi connectivity index (χ1v) is 7.28. The fraction of sp³-hybridized carbons (Fsp3) is 0.625. The zero-order chi connectivity index (χ0) is 15.0. The number of nitrogens with one attached hydrogen (secondary N) is 1. The molecule has 0 aliphatic heterocycles. The summed E-state index contributed by atoms with van der Waals surface area (Å²) in [4.78, 5) is 0. The number of hydrogen-bond donors (Lipinski definition) is 1. The average Bonchev–Trinajstić information content (AvgIpc) is 2.43. The van der Waals surface area contributed by atoms with Crippen LogP contribution in [0.5, 0.6) is 5.75 Å². The molecule has 1 aromatic carbocycles. The minimum absolute atomic E-state index is 0.215. The van der Waals surface area contributed by atoms with Gasteiger partial charge in [0.2, 0.25) is 0 Å². The Balaban J connectivity index is 2.30. The van der Waals surface area contributed by atoms with Crippen molar-refractivity contribution in [1.29, 1.82) is 0 Å². The lowest BCUT2D eigenvalue weighted by atomic mass is 10.0. The molecule has 0 fully saturated rings. The Kier molecular flexibility index (Phi) is 7.52. The predicted molar refractivity (Wildman–Crippen MR) is 78.3 cm³/mol. The monoisotopic (exact) mass is 285 g/mol. The van der Waals surface area contributed by atoms with Gasteiger partial charge in [-0.25, -0.2) is 0 Å². The second-order valence-electron chi connectivity index (χ2n) is 5.38. The van der Waals surface area contributed by atoms with Gasteiger partial charge in [0, 0.05) is 6.04 Å². The van der Waals surface area contributed by atoms with Crippen LogP contribution in [0.1, 0.15) is 39.2 Å². The Labute approximate surface area is 120 Å². The van der Waals surface area contributed by atoms with Crippen LogP contribution in [0.15, 0.2) is 24.3 Å². The summed E-state index contributed by atoms with van der Waals surface area (Å²) in [5.41, 5.74) is 1.14. The number of aryl methyl sites for hydroxylation is 1. The van der Waals surface area contributed by atoms with Crippen molar-refractivity contribution in [2.24, 2.45) is 5.92 Å². The van der Waals surface area contributed by atoms with E-state index >= 15 is 0 Å². The number of hydrogen-bond acceptors (Lipinski definition) is 2. The molecule has 1 aromatic rings. The molecule has 1 rings (SSSR count). The molecular formula is C16H25F2NO. The lowest BCUT2D eigenvalue weighted by molar-refractivity contribution is -0.0498. The lowest BCUT2D eigenvalue weighted by Gasteiger charge is -2.16. The molecule has 0 spiro atoms. The van der Waals surface area contributed by atoms with E-state index in [1.54, 1.807) is 12.1 Å². The number of halogens is 2. The van der Waals surface area contributed by atoms with Crippen molar-refractivity contribution in [1.82, 2.24) is 5.32 Å². The maximum Gasteiger partial charge on any atom is 0.387 e. The highest BCUT2D eigenvalue weighted by atomic mass is 19.3. The van der Waals surface area contributed by atoms with E-state index in [0.717, 1.165) is 24.9 Å². The van der Waals surface area contributed by atoms with Crippen LogP contribution in [0, 0.1) is 5.92 Å². The summed E-state index contributed by atoms with van der Waals surface area (Å²) in [5.74, 6) is 0.912. The molecule has 20 heavy (non-hydrogen) atoms. The Morgan fingerprint density at radius 2 is 1.80 bits per heavy atom. The molecule has 0 bridgehead atoms. The van der Waals surface area contributed by atoms with Crippen molar-refractivity contribution in [3.63, 3.8) is 0 Å². The number of benzene rings is 1. The van der Waals surface area contributed by atoms with Gasteiger partial charge in [-0.15, -0.1) is 0 Å². The third-order valence-corrected chi connectivity index (χ3v) is 3.53. The van der Waals surface area contributed by atoms with Crippen molar-refractivity contribution in [3.8, 4) is 5.75 Å². The quantitative estimate of drug-likeness (QED) is 0.732. The first-order valence-electron chi connectivity index (χ1n) is 7.28. The molecule has 0 heterocycles. The Morgan fingerprint density at radius 3 is 2.35 bits per heavy atom. The molecule has 4 heteroatoms. The van der Waals surface area contributed by atoms with Crippen molar-refractivity contribution in [3.05, 3.63) is 29.8 Å². The van der Waals surface area contributed by atoms with Gasteiger partial charge in [0.05, 0.1) is 0 Å². The molecule has 0 amide bonds. The number of ether oxygens (including phenoxy) is 1. The normalized spacial score (nSPS) is 14.3. The van der Waals surface area contributed by atoms with Crippen LogP contribution >= 0.6 is 0 Å². The highest BCUT2D eigenvalue weighted by Gasteiger charge is 2.06. The van der Waals surface area contributed by atoms with Crippen LogP contribution in [0.3, 0.4) is 0 Å². The van der Waals surface area contributed by atoms with Crippen molar-refractivity contribution < 1.29 is 13.5 Å². The summed E-state index contributed by atoms with van der Waals surface area (Å²) in [7, 11) is 0. The van der Waals surface area contributed by atoms with Crippen LogP contribution < -0.4 is 10.1 Å². The molecule has 0 aliphatic carbocycles. The minimum Gasteiger partial charge on any atom is -0.435 e. The highest BCUT2D eigenvalue weighted by Crippen LogP contribution is 2.16. The van der Waals surface area contributed by atoms with Crippen LogP contribution in [0.4, 0.5) is 8.78 Å². The van der Waals surface area contributed by atoms with Gasteiger partial charge in [0.15, 0.2) is 0 Å². The number of rotatable bonds is 9. The summed E-state index contributed by atoms with van der Waals surface area (Å²) in [6.07, 6.45) is 3.15. The largest absolute Gasteiger partial charge is 0.435 e. The van der Waals surface area contributed by atoms with Gasteiger partial charge in [-0.05, 0) is 49.9 Å². The number of alkyl halides is 2. The van der Waals surface area contributed by atoms with Gasteiger partial charge in [-0.3, -0.25) is 0 Å². The Hall–Kier alpha value is -1.16. The maximum atomic E-state index is 12.0. The second kappa shape index (κ2) is 8.90. The molecule has 0 saturated carbocycles. The topological polar surface area (TPSA) is 21.3 Å². The highest BCUT2D eigenvalue weighted by molar-refractivity contribution is 5.27. The molecule has 2 atom stereocenters. The van der Waals surface area contributed by atoms with E-state index in [2.05, 4.69) is 30.8 Å². The van der Waals surface area contributed by atoms with E-state index in [9.17, 15) is 8.78 Å². The SMILES string of the molecule is CCC(C)CNC(C)CCc1ccc(OC(F)F)cc1. The Morgan fingerprint density at radius 1 is 1.15 bits per heavy atom. The predicted octanol–water partition coefficient (Wildman–Crippen LogP) is 4.24. The third-order valence-electron chi connectivity index (χ3n) is 3.53. The second-order valence-corrected chi connectivity index (χ2v) is 5.38. The molecule has 0 aliphatic rings. The zero-order valence-corrected chi connectivity index (χ0v) is 12.5. The lowest BCUT2D eigenvalue weighted by Crippen LogP contribution is -2.30. The molecule has 2 nitrogen and oxygen atoms in total. The molecule has 0 saturated heterocycles. The van der Waals surface area contributed by atoms with Gasteiger partial charge >= 0.3 is 6.61 Å². The van der Waals surface area contributed by atoms with Gasteiger partial charge in [0.25, 0.3) is 0 Å². The first-order chi connectivity index (χ1) is 9.51. The van der Waals surface area contributed by atoms with Crippen LogP contribution in [0.2, 0.25) is 0 Å². The molecule has 114 valence electrons. The third kappa shape index (κ3) is 6.85. The fourth-order valence-electron chi connectivity index (χ4n) is 1.87. The van der Waals surface area contributed by atoms with Gasteiger partial charge in [0.1, 0.15) is 5.75 Å². The zero-order valence-electron chi connectivity index (χ0n) is 12.5. The van der Waals surface area contributed by atoms with E-state index in [4.69, 9.17) is 0 Å².